The van der Waals surface area contributed by atoms with E-state index in [1.165, 1.54) is 29.7 Å². The van der Waals surface area contributed by atoms with Crippen molar-refractivity contribution in [1.82, 2.24) is 5.32 Å². The molecule has 0 amide bonds. The average molecular weight is 290 g/mol. The molecule has 0 aliphatic carbocycles. The SMILES string of the molecule is CCCC(C)(CNC(C)C)CN(C)c1cc(C)cc(C)c1. The zero-order chi connectivity index (χ0) is 16.0. The summed E-state index contributed by atoms with van der Waals surface area (Å²) in [7, 11) is 2.22. The molecule has 1 rings (SSSR count). The summed E-state index contributed by atoms with van der Waals surface area (Å²) in [6.07, 6.45) is 2.48. The lowest BCUT2D eigenvalue weighted by molar-refractivity contribution is 0.275. The van der Waals surface area contributed by atoms with Gasteiger partial charge in [0, 0.05) is 31.9 Å². The number of aryl methyl sites for hydroxylation is 2. The fraction of sp³-hybridized carbons (Fsp3) is 0.684. The predicted octanol–water partition coefficient (Wildman–Crippen LogP) is 4.54. The average Bonchev–Trinajstić information content (AvgIpc) is 2.35. The van der Waals surface area contributed by atoms with Gasteiger partial charge in [-0.3, -0.25) is 0 Å². The number of rotatable bonds is 8. The van der Waals surface area contributed by atoms with Gasteiger partial charge in [0.25, 0.3) is 0 Å². The predicted molar refractivity (Wildman–Crippen MR) is 95.3 cm³/mol. The summed E-state index contributed by atoms with van der Waals surface area (Å²) in [5.41, 5.74) is 4.33. The molecule has 0 saturated carbocycles. The van der Waals surface area contributed by atoms with Gasteiger partial charge in [0.1, 0.15) is 0 Å². The summed E-state index contributed by atoms with van der Waals surface area (Å²) < 4.78 is 0. The third kappa shape index (κ3) is 6.09. The molecule has 120 valence electrons. The molecular weight excluding hydrogens is 256 g/mol. The van der Waals surface area contributed by atoms with Crippen LogP contribution in [-0.2, 0) is 0 Å². The number of nitrogens with one attached hydrogen (secondary N) is 1. The Morgan fingerprint density at radius 2 is 1.71 bits per heavy atom. The van der Waals surface area contributed by atoms with Crippen LogP contribution in [0.4, 0.5) is 5.69 Å². The van der Waals surface area contributed by atoms with Gasteiger partial charge in [-0.05, 0) is 48.9 Å². The van der Waals surface area contributed by atoms with E-state index in [4.69, 9.17) is 0 Å². The van der Waals surface area contributed by atoms with E-state index in [0.717, 1.165) is 13.1 Å². The highest BCUT2D eigenvalue weighted by Gasteiger charge is 2.25. The second kappa shape index (κ2) is 7.84. The van der Waals surface area contributed by atoms with E-state index >= 15 is 0 Å². The Labute approximate surface area is 131 Å². The fourth-order valence-corrected chi connectivity index (χ4v) is 3.11. The van der Waals surface area contributed by atoms with Gasteiger partial charge in [0.15, 0.2) is 0 Å². The first-order chi connectivity index (χ1) is 9.75. The van der Waals surface area contributed by atoms with Gasteiger partial charge in [0.05, 0.1) is 0 Å². The van der Waals surface area contributed by atoms with E-state index in [1.807, 2.05) is 0 Å². The highest BCUT2D eigenvalue weighted by atomic mass is 15.1. The van der Waals surface area contributed by atoms with Crippen molar-refractivity contribution in [3.05, 3.63) is 29.3 Å². The smallest absolute Gasteiger partial charge is 0.0369 e. The molecule has 1 aromatic rings. The largest absolute Gasteiger partial charge is 0.374 e. The van der Waals surface area contributed by atoms with Crippen molar-refractivity contribution in [2.24, 2.45) is 5.41 Å². The second-order valence-corrected chi connectivity index (χ2v) is 7.30. The maximum Gasteiger partial charge on any atom is 0.0369 e. The minimum atomic E-state index is 0.311. The third-order valence-electron chi connectivity index (χ3n) is 4.06. The number of anilines is 1. The molecule has 0 aliphatic heterocycles. The van der Waals surface area contributed by atoms with Crippen LogP contribution in [0.2, 0.25) is 0 Å². The van der Waals surface area contributed by atoms with E-state index in [0.29, 0.717) is 11.5 Å². The van der Waals surface area contributed by atoms with Crippen LogP contribution < -0.4 is 10.2 Å². The van der Waals surface area contributed by atoms with Crippen molar-refractivity contribution in [3.63, 3.8) is 0 Å². The van der Waals surface area contributed by atoms with Gasteiger partial charge in [-0.15, -0.1) is 0 Å². The minimum absolute atomic E-state index is 0.311. The lowest BCUT2D eigenvalue weighted by Gasteiger charge is -2.36. The summed E-state index contributed by atoms with van der Waals surface area (Å²) in [6.45, 7) is 15.7. The molecule has 0 saturated heterocycles. The van der Waals surface area contributed by atoms with Gasteiger partial charge in [-0.25, -0.2) is 0 Å². The number of hydrogen-bond donors (Lipinski definition) is 1. The van der Waals surface area contributed by atoms with E-state index in [9.17, 15) is 0 Å². The minimum Gasteiger partial charge on any atom is -0.374 e. The van der Waals surface area contributed by atoms with Gasteiger partial charge in [-0.1, -0.05) is 40.2 Å². The monoisotopic (exact) mass is 290 g/mol. The van der Waals surface area contributed by atoms with Crippen LogP contribution in [0, 0.1) is 19.3 Å². The Hall–Kier alpha value is -1.02. The zero-order valence-electron chi connectivity index (χ0n) is 15.1. The van der Waals surface area contributed by atoms with Crippen molar-refractivity contribution in [2.75, 3.05) is 25.0 Å². The normalized spacial score (nSPS) is 14.3. The van der Waals surface area contributed by atoms with Crippen LogP contribution in [0.3, 0.4) is 0 Å². The second-order valence-electron chi connectivity index (χ2n) is 7.30. The van der Waals surface area contributed by atoms with E-state index in [-0.39, 0.29) is 0 Å². The lowest BCUT2D eigenvalue weighted by atomic mass is 9.84. The first-order valence-electron chi connectivity index (χ1n) is 8.28. The molecule has 0 aromatic heterocycles. The third-order valence-corrected chi connectivity index (χ3v) is 4.06. The summed E-state index contributed by atoms with van der Waals surface area (Å²) in [4.78, 5) is 2.41. The van der Waals surface area contributed by atoms with Crippen molar-refractivity contribution in [3.8, 4) is 0 Å². The van der Waals surface area contributed by atoms with Gasteiger partial charge in [0.2, 0.25) is 0 Å². The number of benzene rings is 1. The fourth-order valence-electron chi connectivity index (χ4n) is 3.11. The maximum absolute atomic E-state index is 3.62. The topological polar surface area (TPSA) is 15.3 Å². The molecule has 0 heterocycles. The summed E-state index contributed by atoms with van der Waals surface area (Å²) >= 11 is 0. The molecule has 0 aliphatic rings. The van der Waals surface area contributed by atoms with Crippen LogP contribution in [-0.4, -0.2) is 26.2 Å². The van der Waals surface area contributed by atoms with Gasteiger partial charge in [-0.2, -0.15) is 0 Å². The molecule has 1 aromatic carbocycles. The Bertz CT molecular complexity index is 419. The van der Waals surface area contributed by atoms with E-state index in [1.54, 1.807) is 0 Å². The quantitative estimate of drug-likeness (QED) is 0.756. The number of nitrogens with zero attached hydrogens (tertiary/aromatic N) is 1. The Kier molecular flexibility index (Phi) is 6.73. The van der Waals surface area contributed by atoms with Gasteiger partial charge < -0.3 is 10.2 Å². The first kappa shape index (κ1) is 18.0. The molecule has 1 N–H and O–H groups in total. The van der Waals surface area contributed by atoms with Crippen LogP contribution in [0.25, 0.3) is 0 Å². The number of hydrogen-bond acceptors (Lipinski definition) is 2. The zero-order valence-corrected chi connectivity index (χ0v) is 15.1. The lowest BCUT2D eigenvalue weighted by Crippen LogP contribution is -2.43. The summed E-state index contributed by atoms with van der Waals surface area (Å²) in [5, 5.41) is 3.62. The maximum atomic E-state index is 3.62. The molecule has 0 fully saturated rings. The Balaban J connectivity index is 2.81. The van der Waals surface area contributed by atoms with Crippen molar-refractivity contribution in [2.45, 2.75) is 60.4 Å². The van der Waals surface area contributed by atoms with Crippen LogP contribution in [0.15, 0.2) is 18.2 Å². The molecule has 21 heavy (non-hydrogen) atoms. The molecule has 0 bridgehead atoms. The summed E-state index contributed by atoms with van der Waals surface area (Å²) in [6, 6.07) is 7.36. The van der Waals surface area contributed by atoms with E-state index < -0.39 is 0 Å². The van der Waals surface area contributed by atoms with Crippen LogP contribution in [0.5, 0.6) is 0 Å². The standard InChI is InChI=1S/C19H34N2/c1-8-9-19(6,13-20-15(2)3)14-21(7)18-11-16(4)10-17(5)12-18/h10-12,15,20H,8-9,13-14H2,1-7H3. The Morgan fingerprint density at radius 1 is 1.14 bits per heavy atom. The molecule has 1 atom stereocenters. The molecular formula is C19H34N2. The van der Waals surface area contributed by atoms with Crippen molar-refractivity contribution in [1.29, 1.82) is 0 Å². The summed E-state index contributed by atoms with van der Waals surface area (Å²) in [5.74, 6) is 0. The molecule has 2 heteroatoms. The Morgan fingerprint density at radius 3 is 2.19 bits per heavy atom. The van der Waals surface area contributed by atoms with Crippen molar-refractivity contribution < 1.29 is 0 Å². The molecule has 0 radical (unpaired) electrons. The highest BCUT2D eigenvalue weighted by molar-refractivity contribution is 5.50. The molecule has 1 unspecified atom stereocenters. The first-order valence-corrected chi connectivity index (χ1v) is 8.28. The molecule has 2 nitrogen and oxygen atoms in total. The van der Waals surface area contributed by atoms with Crippen LogP contribution >= 0.6 is 0 Å². The van der Waals surface area contributed by atoms with E-state index in [2.05, 4.69) is 77.0 Å². The van der Waals surface area contributed by atoms with Crippen molar-refractivity contribution >= 4 is 5.69 Å². The van der Waals surface area contributed by atoms with Gasteiger partial charge >= 0.3 is 0 Å². The van der Waals surface area contributed by atoms with Crippen LogP contribution in [0.1, 0.15) is 51.7 Å². The highest BCUT2D eigenvalue weighted by Crippen LogP contribution is 2.27. The molecule has 0 spiro atoms.